The highest BCUT2D eigenvalue weighted by Crippen LogP contribution is 2.28. The van der Waals surface area contributed by atoms with Gasteiger partial charge in [0.1, 0.15) is 5.75 Å². The lowest BCUT2D eigenvalue weighted by Gasteiger charge is -2.09. The van der Waals surface area contributed by atoms with Gasteiger partial charge in [-0.05, 0) is 31.0 Å². The molecule has 0 fully saturated rings. The van der Waals surface area contributed by atoms with Crippen molar-refractivity contribution in [2.45, 2.75) is 32.6 Å². The maximum absolute atomic E-state index is 11.2. The molecule has 1 aromatic heterocycles. The number of carbonyl (C=O) groups is 1. The number of ether oxygens (including phenoxy) is 1. The highest BCUT2D eigenvalue weighted by Gasteiger charge is 2.10. The van der Waals surface area contributed by atoms with Crippen LogP contribution in [-0.4, -0.2) is 22.7 Å². The molecule has 1 amide bonds. The van der Waals surface area contributed by atoms with Crippen molar-refractivity contribution >= 4 is 27.7 Å². The molecule has 5 heteroatoms. The molecule has 0 spiro atoms. The SMILES string of the molecule is CC(CCCCCOc1ccc2c(c1)[nH]c1ccccc12)C(=O)NO. The van der Waals surface area contributed by atoms with Crippen molar-refractivity contribution in [2.24, 2.45) is 5.92 Å². The molecule has 25 heavy (non-hydrogen) atoms. The Hall–Kier alpha value is -2.53. The molecular formula is C20H24N2O3. The maximum atomic E-state index is 11.2. The summed E-state index contributed by atoms with van der Waals surface area (Å²) in [4.78, 5) is 14.6. The normalized spacial score (nSPS) is 12.4. The second-order valence-electron chi connectivity index (χ2n) is 6.45. The van der Waals surface area contributed by atoms with Gasteiger partial charge in [-0.2, -0.15) is 0 Å². The van der Waals surface area contributed by atoms with Crippen molar-refractivity contribution in [2.75, 3.05) is 6.61 Å². The van der Waals surface area contributed by atoms with Crippen LogP contribution in [0.15, 0.2) is 42.5 Å². The molecule has 5 nitrogen and oxygen atoms in total. The Morgan fingerprint density at radius 3 is 2.76 bits per heavy atom. The number of fused-ring (bicyclic) bond motifs is 3. The topological polar surface area (TPSA) is 74.4 Å². The average Bonchev–Trinajstić information content (AvgIpc) is 3.01. The summed E-state index contributed by atoms with van der Waals surface area (Å²) in [6, 6.07) is 14.4. The van der Waals surface area contributed by atoms with Gasteiger partial charge in [0, 0.05) is 28.3 Å². The predicted octanol–water partition coefficient (Wildman–Crippen LogP) is 4.40. The summed E-state index contributed by atoms with van der Waals surface area (Å²) in [7, 11) is 0. The molecule has 1 unspecified atom stereocenters. The highest BCUT2D eigenvalue weighted by atomic mass is 16.5. The highest BCUT2D eigenvalue weighted by molar-refractivity contribution is 6.07. The fourth-order valence-electron chi connectivity index (χ4n) is 3.08. The van der Waals surface area contributed by atoms with E-state index in [4.69, 9.17) is 9.94 Å². The Kier molecular flexibility index (Phi) is 5.56. The number of hydrogen-bond donors (Lipinski definition) is 3. The van der Waals surface area contributed by atoms with Gasteiger partial charge in [-0.3, -0.25) is 10.0 Å². The first-order valence-electron chi connectivity index (χ1n) is 8.76. The third-order valence-corrected chi connectivity index (χ3v) is 4.59. The summed E-state index contributed by atoms with van der Waals surface area (Å²) in [5, 5.41) is 11.0. The number of aromatic nitrogens is 1. The van der Waals surface area contributed by atoms with Gasteiger partial charge in [0.25, 0.3) is 0 Å². The molecule has 3 rings (SSSR count). The number of amides is 1. The molecule has 0 saturated heterocycles. The minimum atomic E-state index is -0.317. The average molecular weight is 340 g/mol. The van der Waals surface area contributed by atoms with Crippen molar-refractivity contribution in [1.29, 1.82) is 0 Å². The van der Waals surface area contributed by atoms with Gasteiger partial charge in [-0.1, -0.05) is 38.0 Å². The van der Waals surface area contributed by atoms with Crippen molar-refractivity contribution in [3.8, 4) is 5.75 Å². The fourth-order valence-corrected chi connectivity index (χ4v) is 3.08. The van der Waals surface area contributed by atoms with Crippen LogP contribution < -0.4 is 10.2 Å². The van der Waals surface area contributed by atoms with Crippen LogP contribution in [0, 0.1) is 5.92 Å². The van der Waals surface area contributed by atoms with Crippen LogP contribution >= 0.6 is 0 Å². The summed E-state index contributed by atoms with van der Waals surface area (Å²) >= 11 is 0. The number of aromatic amines is 1. The Morgan fingerprint density at radius 2 is 1.92 bits per heavy atom. The molecule has 0 bridgehead atoms. The van der Waals surface area contributed by atoms with Crippen LogP contribution in [-0.2, 0) is 4.79 Å². The van der Waals surface area contributed by atoms with E-state index >= 15 is 0 Å². The van der Waals surface area contributed by atoms with E-state index in [9.17, 15) is 4.79 Å². The second kappa shape index (κ2) is 8.03. The number of nitrogens with one attached hydrogen (secondary N) is 2. The Morgan fingerprint density at radius 1 is 1.12 bits per heavy atom. The van der Waals surface area contributed by atoms with E-state index in [0.29, 0.717) is 6.61 Å². The molecule has 132 valence electrons. The van der Waals surface area contributed by atoms with Crippen LogP contribution in [0.3, 0.4) is 0 Å². The number of hydroxylamine groups is 1. The first-order chi connectivity index (χ1) is 12.2. The lowest BCUT2D eigenvalue weighted by molar-refractivity contribution is -0.133. The third kappa shape index (κ3) is 4.12. The monoisotopic (exact) mass is 340 g/mol. The molecule has 3 aromatic rings. The van der Waals surface area contributed by atoms with Gasteiger partial charge in [0.15, 0.2) is 0 Å². The molecule has 0 saturated carbocycles. The van der Waals surface area contributed by atoms with E-state index in [2.05, 4.69) is 23.2 Å². The molecular weight excluding hydrogens is 316 g/mol. The summed E-state index contributed by atoms with van der Waals surface area (Å²) in [6.45, 7) is 2.48. The number of carbonyl (C=O) groups excluding carboxylic acids is 1. The third-order valence-electron chi connectivity index (χ3n) is 4.59. The fraction of sp³-hybridized carbons (Fsp3) is 0.350. The Labute approximate surface area is 146 Å². The lowest BCUT2D eigenvalue weighted by atomic mass is 10.0. The van der Waals surface area contributed by atoms with Gasteiger partial charge in [-0.15, -0.1) is 0 Å². The summed E-state index contributed by atoms with van der Waals surface area (Å²) in [5.74, 6) is 0.394. The van der Waals surface area contributed by atoms with E-state index in [1.54, 1.807) is 5.48 Å². The molecule has 0 radical (unpaired) electrons. The number of rotatable bonds is 8. The zero-order chi connectivity index (χ0) is 17.6. The van der Waals surface area contributed by atoms with Gasteiger partial charge in [-0.25, -0.2) is 5.48 Å². The largest absolute Gasteiger partial charge is 0.494 e. The minimum absolute atomic E-state index is 0.157. The molecule has 0 aliphatic carbocycles. The van der Waals surface area contributed by atoms with Crippen molar-refractivity contribution < 1.29 is 14.7 Å². The Balaban J connectivity index is 1.47. The standard InChI is InChI=1S/C20H24N2O3/c1-14(20(23)22-24)7-3-2-6-12-25-15-10-11-17-16-8-4-5-9-18(16)21-19(17)13-15/h4-5,8-11,13-14,21,24H,2-3,6-7,12H2,1H3,(H,22,23). The van der Waals surface area contributed by atoms with E-state index in [1.165, 1.54) is 10.8 Å². The summed E-state index contributed by atoms with van der Waals surface area (Å²) in [5.41, 5.74) is 3.92. The van der Waals surface area contributed by atoms with Crippen LogP contribution in [0.25, 0.3) is 21.8 Å². The smallest absolute Gasteiger partial charge is 0.246 e. The van der Waals surface area contributed by atoms with Crippen LogP contribution in [0.2, 0.25) is 0 Å². The number of para-hydroxylation sites is 1. The van der Waals surface area contributed by atoms with E-state index in [-0.39, 0.29) is 11.8 Å². The summed E-state index contributed by atoms with van der Waals surface area (Å²) in [6.07, 6.45) is 3.66. The minimum Gasteiger partial charge on any atom is -0.494 e. The lowest BCUT2D eigenvalue weighted by Crippen LogP contribution is -2.25. The second-order valence-corrected chi connectivity index (χ2v) is 6.45. The number of H-pyrrole nitrogens is 1. The van der Waals surface area contributed by atoms with E-state index < -0.39 is 0 Å². The zero-order valence-electron chi connectivity index (χ0n) is 14.4. The van der Waals surface area contributed by atoms with E-state index in [0.717, 1.165) is 42.5 Å². The number of benzene rings is 2. The summed E-state index contributed by atoms with van der Waals surface area (Å²) < 4.78 is 5.85. The first kappa shape index (κ1) is 17.3. The molecule has 1 heterocycles. The number of unbranched alkanes of at least 4 members (excludes halogenated alkanes) is 2. The predicted molar refractivity (Wildman–Crippen MR) is 98.9 cm³/mol. The number of hydrogen-bond acceptors (Lipinski definition) is 3. The van der Waals surface area contributed by atoms with Crippen LogP contribution in [0.4, 0.5) is 0 Å². The quantitative estimate of drug-likeness (QED) is 0.323. The molecule has 0 aliphatic heterocycles. The van der Waals surface area contributed by atoms with Crippen LogP contribution in [0.1, 0.15) is 32.6 Å². The van der Waals surface area contributed by atoms with Gasteiger partial charge in [0.05, 0.1) is 12.1 Å². The zero-order valence-corrected chi connectivity index (χ0v) is 14.4. The van der Waals surface area contributed by atoms with Crippen molar-refractivity contribution in [3.63, 3.8) is 0 Å². The molecule has 2 aromatic carbocycles. The van der Waals surface area contributed by atoms with Gasteiger partial charge < -0.3 is 9.72 Å². The van der Waals surface area contributed by atoms with Crippen molar-refractivity contribution in [1.82, 2.24) is 10.5 Å². The maximum Gasteiger partial charge on any atom is 0.246 e. The molecule has 0 aliphatic rings. The van der Waals surface area contributed by atoms with Gasteiger partial charge >= 0.3 is 0 Å². The van der Waals surface area contributed by atoms with Crippen LogP contribution in [0.5, 0.6) is 5.75 Å². The Bertz CT molecular complexity index is 856. The molecule has 1 atom stereocenters. The first-order valence-corrected chi connectivity index (χ1v) is 8.76. The van der Waals surface area contributed by atoms with Crippen molar-refractivity contribution in [3.05, 3.63) is 42.5 Å². The molecule has 3 N–H and O–H groups in total. The van der Waals surface area contributed by atoms with E-state index in [1.807, 2.05) is 31.2 Å². The van der Waals surface area contributed by atoms with Gasteiger partial charge in [0.2, 0.25) is 5.91 Å².